The second-order valence-corrected chi connectivity index (χ2v) is 10.0. The maximum Gasteiger partial charge on any atom is 0.272 e. The fraction of sp³-hybridized carbons (Fsp3) is 0.607. The van der Waals surface area contributed by atoms with Crippen molar-refractivity contribution in [3.63, 3.8) is 0 Å². The number of carbonyl (C=O) groups excluding carboxylic acids is 1. The molecule has 1 aromatic carbocycles. The molecule has 2 aromatic rings. The lowest BCUT2D eigenvalue weighted by molar-refractivity contribution is 0.0141. The maximum absolute atomic E-state index is 13.1. The molecule has 4 rings (SSSR count). The summed E-state index contributed by atoms with van der Waals surface area (Å²) in [5, 5.41) is 11.9. The number of halogens is 2. The molecule has 37 heavy (non-hydrogen) atoms. The summed E-state index contributed by atoms with van der Waals surface area (Å²) in [7, 11) is 3.77. The minimum atomic E-state index is -0.199. The first-order valence-electron chi connectivity index (χ1n) is 13.2. The highest BCUT2D eigenvalue weighted by Crippen LogP contribution is 2.28. The number of benzene rings is 1. The van der Waals surface area contributed by atoms with Crippen molar-refractivity contribution in [2.45, 2.75) is 83.0 Å². The van der Waals surface area contributed by atoms with Gasteiger partial charge in [-0.05, 0) is 82.3 Å². The molecule has 9 heteroatoms. The maximum atomic E-state index is 13.1. The average Bonchev–Trinajstić information content (AvgIpc) is 2.89. The van der Waals surface area contributed by atoms with Crippen LogP contribution in [0.3, 0.4) is 0 Å². The number of unbranched alkanes of at least 4 members (excludes halogenated alkanes) is 1. The molecule has 2 unspecified atom stereocenters. The van der Waals surface area contributed by atoms with E-state index < -0.39 is 0 Å². The smallest absolute Gasteiger partial charge is 0.272 e. The van der Waals surface area contributed by atoms with Crippen LogP contribution in [0.5, 0.6) is 5.75 Å². The minimum absolute atomic E-state index is 0. The number of hydrogen-bond donors (Lipinski definition) is 1. The quantitative estimate of drug-likeness (QED) is 0.443. The highest BCUT2D eigenvalue weighted by molar-refractivity contribution is 5.93. The first-order valence-corrected chi connectivity index (χ1v) is 13.2. The number of likely N-dealkylation sites (tertiary alicyclic amines) is 1. The Labute approximate surface area is 233 Å². The summed E-state index contributed by atoms with van der Waals surface area (Å²) < 4.78 is 11.8. The number of ether oxygens (including phenoxy) is 2. The Hall–Kier alpha value is -1.93. The Morgan fingerprint density at radius 2 is 1.81 bits per heavy atom. The molecule has 2 aliphatic rings. The molecule has 1 amide bonds. The number of hydrogen-bond acceptors (Lipinski definition) is 6. The van der Waals surface area contributed by atoms with E-state index in [1.165, 1.54) is 19.3 Å². The predicted molar refractivity (Wildman–Crippen MR) is 152 cm³/mol. The topological polar surface area (TPSA) is 76.6 Å². The summed E-state index contributed by atoms with van der Waals surface area (Å²) in [5.74, 6) is 0.707. The molecule has 1 N–H and O–H groups in total. The van der Waals surface area contributed by atoms with Gasteiger partial charge in [0.2, 0.25) is 0 Å². The number of aryl methyl sites for hydroxylation is 1. The number of piperidine rings is 1. The first kappa shape index (κ1) is 31.3. The van der Waals surface area contributed by atoms with Crippen molar-refractivity contribution in [3.8, 4) is 16.9 Å². The average molecular weight is 554 g/mol. The molecule has 1 saturated heterocycles. The molecule has 0 spiro atoms. The molecule has 2 fully saturated rings. The summed E-state index contributed by atoms with van der Waals surface area (Å²) in [6, 6.07) is 10.1. The SMILES string of the molecule is CCCCc1nnc(C(=O)NC2CCN(C)CC2OC)cc1-c1ccc(OC2CCCCC2)cc1.Cl.Cl. The third kappa shape index (κ3) is 8.54. The highest BCUT2D eigenvalue weighted by atomic mass is 35.5. The van der Waals surface area contributed by atoms with E-state index in [4.69, 9.17) is 9.47 Å². The molecule has 1 aliphatic carbocycles. The summed E-state index contributed by atoms with van der Waals surface area (Å²) >= 11 is 0. The van der Waals surface area contributed by atoms with Gasteiger partial charge in [0.1, 0.15) is 5.75 Å². The predicted octanol–water partition coefficient (Wildman–Crippen LogP) is 5.49. The van der Waals surface area contributed by atoms with E-state index >= 15 is 0 Å². The standard InChI is InChI=1S/C28H40N4O3.2ClH/c1-4-5-11-24-23(20-12-14-22(15-13-20)35-21-9-7-6-8-10-21)18-26(31-30-24)28(33)29-25-16-17-32(2)19-27(25)34-3;;/h12-15,18,21,25,27H,4-11,16-17,19H2,1-3H3,(H,29,33);2*1H. The molecule has 7 nitrogen and oxygen atoms in total. The van der Waals surface area contributed by atoms with Crippen LogP contribution < -0.4 is 10.1 Å². The number of nitrogens with one attached hydrogen (secondary N) is 1. The summed E-state index contributed by atoms with van der Waals surface area (Å²) in [5.41, 5.74) is 3.27. The summed E-state index contributed by atoms with van der Waals surface area (Å²) in [4.78, 5) is 15.4. The zero-order valence-corrected chi connectivity index (χ0v) is 23.9. The zero-order valence-electron chi connectivity index (χ0n) is 22.3. The van der Waals surface area contributed by atoms with E-state index in [1.807, 2.05) is 18.2 Å². The van der Waals surface area contributed by atoms with Gasteiger partial charge < -0.3 is 19.7 Å². The van der Waals surface area contributed by atoms with E-state index in [9.17, 15) is 4.79 Å². The molecule has 0 radical (unpaired) electrons. The van der Waals surface area contributed by atoms with Crippen LogP contribution in [0, 0.1) is 0 Å². The lowest BCUT2D eigenvalue weighted by atomic mass is 9.97. The van der Waals surface area contributed by atoms with E-state index in [-0.39, 0.29) is 42.9 Å². The van der Waals surface area contributed by atoms with Crippen molar-refractivity contribution in [1.29, 1.82) is 0 Å². The van der Waals surface area contributed by atoms with Crippen LogP contribution in [0.4, 0.5) is 0 Å². The number of methoxy groups -OCH3 is 1. The van der Waals surface area contributed by atoms with Crippen LogP contribution in [0.2, 0.25) is 0 Å². The zero-order chi connectivity index (χ0) is 24.6. The minimum Gasteiger partial charge on any atom is -0.490 e. The van der Waals surface area contributed by atoms with Crippen LogP contribution in [-0.4, -0.2) is 66.5 Å². The lowest BCUT2D eigenvalue weighted by Crippen LogP contribution is -2.53. The van der Waals surface area contributed by atoms with Crippen molar-refractivity contribution >= 4 is 30.7 Å². The Morgan fingerprint density at radius 3 is 2.49 bits per heavy atom. The summed E-state index contributed by atoms with van der Waals surface area (Å²) in [6.45, 7) is 3.89. The number of nitrogens with zero attached hydrogens (tertiary/aromatic N) is 3. The Kier molecular flexibility index (Phi) is 13.1. The van der Waals surface area contributed by atoms with Crippen molar-refractivity contribution < 1.29 is 14.3 Å². The third-order valence-corrected chi connectivity index (χ3v) is 7.27. The normalized spacial score (nSPS) is 20.4. The van der Waals surface area contributed by atoms with Gasteiger partial charge >= 0.3 is 0 Å². The van der Waals surface area contributed by atoms with Crippen LogP contribution >= 0.6 is 24.8 Å². The second kappa shape index (κ2) is 15.5. The van der Waals surface area contributed by atoms with Crippen molar-refractivity contribution in [1.82, 2.24) is 20.4 Å². The fourth-order valence-electron chi connectivity index (χ4n) is 5.11. The van der Waals surface area contributed by atoms with E-state index in [2.05, 4.69) is 46.5 Å². The van der Waals surface area contributed by atoms with E-state index in [0.717, 1.165) is 74.2 Å². The van der Waals surface area contributed by atoms with Crippen molar-refractivity contribution in [2.75, 3.05) is 27.2 Å². The van der Waals surface area contributed by atoms with Crippen LogP contribution in [0.15, 0.2) is 30.3 Å². The number of amides is 1. The largest absolute Gasteiger partial charge is 0.490 e. The lowest BCUT2D eigenvalue weighted by Gasteiger charge is -2.36. The molecule has 2 atom stereocenters. The number of likely N-dealkylation sites (N-methyl/N-ethyl adjacent to an activating group) is 1. The molecule has 1 aliphatic heterocycles. The van der Waals surface area contributed by atoms with Crippen molar-refractivity contribution in [3.05, 3.63) is 41.7 Å². The van der Waals surface area contributed by atoms with Gasteiger partial charge in [-0.3, -0.25) is 4.79 Å². The van der Waals surface area contributed by atoms with Crippen LogP contribution in [-0.2, 0) is 11.2 Å². The van der Waals surface area contributed by atoms with Crippen LogP contribution in [0.25, 0.3) is 11.1 Å². The van der Waals surface area contributed by atoms with Gasteiger partial charge in [0, 0.05) is 19.2 Å². The number of aromatic nitrogens is 2. The van der Waals surface area contributed by atoms with Crippen LogP contribution in [0.1, 0.15) is 74.5 Å². The number of carbonyl (C=O) groups is 1. The van der Waals surface area contributed by atoms with Gasteiger partial charge in [-0.1, -0.05) is 31.9 Å². The Balaban J connectivity index is 0.00000241. The van der Waals surface area contributed by atoms with Crippen molar-refractivity contribution in [2.24, 2.45) is 0 Å². The summed E-state index contributed by atoms with van der Waals surface area (Å²) in [6.07, 6.45) is 10.2. The van der Waals surface area contributed by atoms with Gasteiger partial charge in [-0.2, -0.15) is 5.10 Å². The molecule has 1 aromatic heterocycles. The fourth-order valence-corrected chi connectivity index (χ4v) is 5.11. The van der Waals surface area contributed by atoms with E-state index in [0.29, 0.717) is 11.8 Å². The van der Waals surface area contributed by atoms with Gasteiger partial charge in [0.05, 0.1) is 23.9 Å². The van der Waals surface area contributed by atoms with Gasteiger partial charge in [-0.15, -0.1) is 29.9 Å². The highest BCUT2D eigenvalue weighted by Gasteiger charge is 2.29. The molecule has 206 valence electrons. The first-order chi connectivity index (χ1) is 17.1. The third-order valence-electron chi connectivity index (χ3n) is 7.27. The van der Waals surface area contributed by atoms with Gasteiger partial charge in [0.15, 0.2) is 5.69 Å². The molecule has 1 saturated carbocycles. The second-order valence-electron chi connectivity index (χ2n) is 10.0. The molecular weight excluding hydrogens is 511 g/mol. The Morgan fingerprint density at radius 1 is 1.08 bits per heavy atom. The van der Waals surface area contributed by atoms with Gasteiger partial charge in [0.25, 0.3) is 5.91 Å². The number of rotatable bonds is 9. The monoisotopic (exact) mass is 552 g/mol. The van der Waals surface area contributed by atoms with E-state index in [1.54, 1.807) is 7.11 Å². The van der Waals surface area contributed by atoms with Gasteiger partial charge in [-0.25, -0.2) is 0 Å². The Bertz CT molecular complexity index is 970. The molecule has 0 bridgehead atoms. The molecule has 2 heterocycles. The molecular formula is C28H42Cl2N4O3.